The molecule has 3 saturated heterocycles. The van der Waals surface area contributed by atoms with Crippen molar-refractivity contribution < 1.29 is 19.2 Å². The van der Waals surface area contributed by atoms with E-state index in [1.807, 2.05) is 23.1 Å². The maximum Gasteiger partial charge on any atom is 0.325 e. The van der Waals surface area contributed by atoms with Gasteiger partial charge < -0.3 is 15.1 Å². The SMILES string of the molecule is CC1(C)NC(=O)N(CC(=O)N2CCC3(CCN(CCc4ccccc4)C3=O)C2)C1=O. The molecule has 30 heavy (non-hydrogen) atoms. The Morgan fingerprint density at radius 1 is 1.03 bits per heavy atom. The molecular formula is C22H28N4O4. The van der Waals surface area contributed by atoms with Crippen LogP contribution in [0.1, 0.15) is 32.3 Å². The third-order valence-corrected chi connectivity index (χ3v) is 6.56. The number of urea groups is 1. The molecule has 1 unspecified atom stereocenters. The maximum atomic E-state index is 13.1. The molecule has 1 atom stereocenters. The number of nitrogens with one attached hydrogen (secondary N) is 1. The Hall–Kier alpha value is -2.90. The van der Waals surface area contributed by atoms with Gasteiger partial charge in [-0.15, -0.1) is 0 Å². The number of imide groups is 1. The lowest BCUT2D eigenvalue weighted by atomic mass is 9.85. The molecule has 3 heterocycles. The molecule has 1 N–H and O–H groups in total. The van der Waals surface area contributed by atoms with Gasteiger partial charge in [0.1, 0.15) is 12.1 Å². The van der Waals surface area contributed by atoms with E-state index in [0.717, 1.165) is 17.7 Å². The molecule has 0 saturated carbocycles. The minimum Gasteiger partial charge on any atom is -0.342 e. The van der Waals surface area contributed by atoms with Gasteiger partial charge in [0.15, 0.2) is 0 Å². The van der Waals surface area contributed by atoms with Crippen LogP contribution in [0.2, 0.25) is 0 Å². The summed E-state index contributed by atoms with van der Waals surface area (Å²) in [7, 11) is 0. The zero-order chi connectivity index (χ0) is 21.5. The van der Waals surface area contributed by atoms with Crippen molar-refractivity contribution >= 4 is 23.8 Å². The molecule has 160 valence electrons. The molecule has 0 radical (unpaired) electrons. The average molecular weight is 412 g/mol. The first-order valence-electron chi connectivity index (χ1n) is 10.5. The third-order valence-electron chi connectivity index (χ3n) is 6.56. The minimum absolute atomic E-state index is 0.116. The molecule has 0 aliphatic carbocycles. The van der Waals surface area contributed by atoms with E-state index in [0.29, 0.717) is 32.6 Å². The molecule has 1 aromatic carbocycles. The van der Waals surface area contributed by atoms with Crippen LogP contribution in [0.3, 0.4) is 0 Å². The summed E-state index contributed by atoms with van der Waals surface area (Å²) >= 11 is 0. The minimum atomic E-state index is -0.996. The fourth-order valence-electron chi connectivity index (χ4n) is 4.68. The van der Waals surface area contributed by atoms with Gasteiger partial charge in [-0.05, 0) is 38.7 Å². The van der Waals surface area contributed by atoms with Crippen LogP contribution in [0.25, 0.3) is 0 Å². The largest absolute Gasteiger partial charge is 0.342 e. The van der Waals surface area contributed by atoms with Gasteiger partial charge in [-0.3, -0.25) is 19.3 Å². The lowest BCUT2D eigenvalue weighted by Gasteiger charge is -2.24. The Labute approximate surface area is 176 Å². The number of amides is 5. The highest BCUT2D eigenvalue weighted by atomic mass is 16.2. The molecule has 3 aliphatic rings. The van der Waals surface area contributed by atoms with Gasteiger partial charge in [-0.1, -0.05) is 30.3 Å². The molecule has 0 bridgehead atoms. The van der Waals surface area contributed by atoms with E-state index in [2.05, 4.69) is 17.4 Å². The van der Waals surface area contributed by atoms with Crippen molar-refractivity contribution in [2.24, 2.45) is 5.41 Å². The highest BCUT2D eigenvalue weighted by Gasteiger charge is 2.52. The van der Waals surface area contributed by atoms with Gasteiger partial charge in [0.25, 0.3) is 5.91 Å². The Morgan fingerprint density at radius 2 is 1.73 bits per heavy atom. The monoisotopic (exact) mass is 412 g/mol. The van der Waals surface area contributed by atoms with Crippen LogP contribution in [0.15, 0.2) is 30.3 Å². The van der Waals surface area contributed by atoms with Crippen molar-refractivity contribution in [1.82, 2.24) is 20.0 Å². The van der Waals surface area contributed by atoms with Crippen molar-refractivity contribution in [3.63, 3.8) is 0 Å². The summed E-state index contributed by atoms with van der Waals surface area (Å²) in [6, 6.07) is 9.54. The summed E-state index contributed by atoms with van der Waals surface area (Å²) in [5.41, 5.74) is -0.321. The predicted octanol–water partition coefficient (Wildman–Crippen LogP) is 1.01. The number of benzene rings is 1. The molecule has 8 nitrogen and oxygen atoms in total. The van der Waals surface area contributed by atoms with Crippen molar-refractivity contribution in [2.75, 3.05) is 32.7 Å². The second-order valence-corrected chi connectivity index (χ2v) is 9.07. The van der Waals surface area contributed by atoms with Crippen molar-refractivity contribution in [2.45, 2.75) is 38.6 Å². The quantitative estimate of drug-likeness (QED) is 0.731. The number of carbonyl (C=O) groups is 4. The van der Waals surface area contributed by atoms with Crippen molar-refractivity contribution in [3.05, 3.63) is 35.9 Å². The van der Waals surface area contributed by atoms with E-state index in [1.54, 1.807) is 18.7 Å². The van der Waals surface area contributed by atoms with E-state index < -0.39 is 22.9 Å². The average Bonchev–Trinajstić information content (AvgIpc) is 3.34. The van der Waals surface area contributed by atoms with Crippen molar-refractivity contribution in [3.8, 4) is 0 Å². The van der Waals surface area contributed by atoms with Crippen LogP contribution < -0.4 is 5.32 Å². The number of nitrogens with zero attached hydrogens (tertiary/aromatic N) is 3. The number of rotatable bonds is 5. The summed E-state index contributed by atoms with van der Waals surface area (Å²) in [5.74, 6) is -0.577. The fraction of sp³-hybridized carbons (Fsp3) is 0.545. The third kappa shape index (κ3) is 3.55. The summed E-state index contributed by atoms with van der Waals surface area (Å²) < 4.78 is 0. The Kier molecular flexibility index (Phi) is 5.03. The lowest BCUT2D eigenvalue weighted by Crippen LogP contribution is -2.45. The topological polar surface area (TPSA) is 90.0 Å². The van der Waals surface area contributed by atoms with Gasteiger partial charge in [-0.2, -0.15) is 0 Å². The van der Waals surface area contributed by atoms with Crippen LogP contribution in [0.5, 0.6) is 0 Å². The molecule has 0 aromatic heterocycles. The Morgan fingerprint density at radius 3 is 2.40 bits per heavy atom. The first-order chi connectivity index (χ1) is 14.2. The highest BCUT2D eigenvalue weighted by molar-refractivity contribution is 6.08. The molecular weight excluding hydrogens is 384 g/mol. The summed E-state index contributed by atoms with van der Waals surface area (Å²) in [5, 5.41) is 2.58. The Balaban J connectivity index is 1.34. The van der Waals surface area contributed by atoms with Crippen LogP contribution in [-0.4, -0.2) is 76.7 Å². The van der Waals surface area contributed by atoms with Crippen LogP contribution >= 0.6 is 0 Å². The normalized spacial score (nSPS) is 25.5. The molecule has 4 rings (SSSR count). The number of hydrogen-bond acceptors (Lipinski definition) is 4. The number of hydrogen-bond donors (Lipinski definition) is 1. The van der Waals surface area contributed by atoms with E-state index in [9.17, 15) is 19.2 Å². The van der Waals surface area contributed by atoms with Gasteiger partial charge in [0.2, 0.25) is 11.8 Å². The highest BCUT2D eigenvalue weighted by Crippen LogP contribution is 2.40. The van der Waals surface area contributed by atoms with Gasteiger partial charge >= 0.3 is 6.03 Å². The van der Waals surface area contributed by atoms with E-state index >= 15 is 0 Å². The van der Waals surface area contributed by atoms with Gasteiger partial charge in [-0.25, -0.2) is 4.79 Å². The first-order valence-corrected chi connectivity index (χ1v) is 10.5. The molecule has 8 heteroatoms. The van der Waals surface area contributed by atoms with Gasteiger partial charge in [0, 0.05) is 26.2 Å². The zero-order valence-corrected chi connectivity index (χ0v) is 17.5. The fourth-order valence-corrected chi connectivity index (χ4v) is 4.68. The molecule has 1 aromatic rings. The van der Waals surface area contributed by atoms with Crippen molar-refractivity contribution in [1.29, 1.82) is 0 Å². The first kappa shape index (κ1) is 20.4. The van der Waals surface area contributed by atoms with E-state index in [1.165, 1.54) is 5.56 Å². The summed E-state index contributed by atoms with van der Waals surface area (Å²) in [4.78, 5) is 54.8. The zero-order valence-electron chi connectivity index (χ0n) is 17.5. The number of carbonyl (C=O) groups excluding carboxylic acids is 4. The van der Waals surface area contributed by atoms with Gasteiger partial charge in [0.05, 0.1) is 5.41 Å². The molecule has 1 spiro atoms. The Bertz CT molecular complexity index is 884. The number of likely N-dealkylation sites (tertiary alicyclic amines) is 2. The van der Waals surface area contributed by atoms with E-state index in [-0.39, 0.29) is 18.4 Å². The molecule has 5 amide bonds. The van der Waals surface area contributed by atoms with E-state index in [4.69, 9.17) is 0 Å². The maximum absolute atomic E-state index is 13.1. The molecule has 3 fully saturated rings. The van der Waals surface area contributed by atoms with Crippen LogP contribution in [-0.2, 0) is 20.8 Å². The summed E-state index contributed by atoms with van der Waals surface area (Å²) in [6.07, 6.45) is 2.18. The van der Waals surface area contributed by atoms with Crippen LogP contribution in [0.4, 0.5) is 4.79 Å². The predicted molar refractivity (Wildman–Crippen MR) is 109 cm³/mol. The lowest BCUT2D eigenvalue weighted by molar-refractivity contribution is -0.139. The second-order valence-electron chi connectivity index (χ2n) is 9.07. The smallest absolute Gasteiger partial charge is 0.325 e. The molecule has 3 aliphatic heterocycles. The summed E-state index contributed by atoms with van der Waals surface area (Å²) in [6.45, 7) is 5.17. The van der Waals surface area contributed by atoms with Crippen LogP contribution in [0, 0.1) is 5.41 Å². The standard InChI is InChI=1S/C22H28N4O4/c1-21(2)18(28)26(20(30)23-21)14-17(27)25-13-10-22(15-25)9-12-24(19(22)29)11-8-16-6-4-3-5-7-16/h3-7H,8-15H2,1-2H3,(H,23,30). The second kappa shape index (κ2) is 7.41.